The summed E-state index contributed by atoms with van der Waals surface area (Å²) in [5, 5.41) is 0. The molecular formula is C13H10BrN3S. The van der Waals surface area contributed by atoms with Gasteiger partial charge >= 0.3 is 0 Å². The van der Waals surface area contributed by atoms with Gasteiger partial charge in [-0.25, -0.2) is 9.97 Å². The summed E-state index contributed by atoms with van der Waals surface area (Å²) in [6.45, 7) is 1.99. The van der Waals surface area contributed by atoms with Crippen LogP contribution in [0.3, 0.4) is 0 Å². The summed E-state index contributed by atoms with van der Waals surface area (Å²) in [6.07, 6.45) is 3.89. The maximum Gasteiger partial charge on any atom is 0.234 e. The first kappa shape index (κ1) is 11.6. The number of aryl methyl sites for hydroxylation is 1. The first-order valence-corrected chi connectivity index (χ1v) is 7.08. The molecule has 0 aliphatic rings. The fourth-order valence-corrected chi connectivity index (χ4v) is 3.06. The number of halogens is 1. The van der Waals surface area contributed by atoms with Gasteiger partial charge in [-0.1, -0.05) is 0 Å². The largest absolute Gasteiger partial charge is 0.293 e. The molecule has 0 aliphatic carbocycles. The smallest absolute Gasteiger partial charge is 0.234 e. The van der Waals surface area contributed by atoms with Gasteiger partial charge in [0.2, 0.25) is 5.95 Å². The minimum atomic E-state index is 0.708. The number of aromatic nitrogens is 3. The van der Waals surface area contributed by atoms with Crippen molar-refractivity contribution in [3.8, 4) is 16.5 Å². The molecule has 0 N–H and O–H groups in total. The molecule has 3 heterocycles. The van der Waals surface area contributed by atoms with Crippen molar-refractivity contribution in [2.75, 3.05) is 0 Å². The Kier molecular flexibility index (Phi) is 3.01. The minimum Gasteiger partial charge on any atom is -0.293 e. The van der Waals surface area contributed by atoms with Gasteiger partial charge in [0.25, 0.3) is 0 Å². The fraction of sp³-hybridized carbons (Fsp3) is 0.0769. The maximum absolute atomic E-state index is 4.60. The third-order valence-corrected chi connectivity index (χ3v) is 4.15. The number of rotatable bonds is 2. The summed E-state index contributed by atoms with van der Waals surface area (Å²) in [7, 11) is 0. The summed E-state index contributed by atoms with van der Waals surface area (Å²) >= 11 is 5.15. The molecule has 0 atom stereocenters. The Morgan fingerprint density at radius 2 is 1.94 bits per heavy atom. The van der Waals surface area contributed by atoms with E-state index >= 15 is 0 Å². The monoisotopic (exact) mass is 319 g/mol. The van der Waals surface area contributed by atoms with Crippen LogP contribution in [0, 0.1) is 6.92 Å². The van der Waals surface area contributed by atoms with Gasteiger partial charge in [0.05, 0.1) is 14.4 Å². The molecule has 90 valence electrons. The van der Waals surface area contributed by atoms with Crippen LogP contribution in [0.5, 0.6) is 0 Å². The maximum atomic E-state index is 4.60. The Labute approximate surface area is 117 Å². The SMILES string of the molecule is Cc1cc(-c2ccc(Br)s2)nc(-n2cccc2)n1. The van der Waals surface area contributed by atoms with E-state index in [1.165, 1.54) is 0 Å². The first-order chi connectivity index (χ1) is 8.72. The van der Waals surface area contributed by atoms with Gasteiger partial charge in [0.15, 0.2) is 0 Å². The van der Waals surface area contributed by atoms with Gasteiger partial charge in [0.1, 0.15) is 0 Å². The highest BCUT2D eigenvalue weighted by molar-refractivity contribution is 9.11. The van der Waals surface area contributed by atoms with Crippen LogP contribution < -0.4 is 0 Å². The lowest BCUT2D eigenvalue weighted by Crippen LogP contribution is -2.00. The van der Waals surface area contributed by atoms with Crippen molar-refractivity contribution >= 4 is 27.3 Å². The highest BCUT2D eigenvalue weighted by atomic mass is 79.9. The lowest BCUT2D eigenvalue weighted by molar-refractivity contribution is 0.922. The van der Waals surface area contributed by atoms with Gasteiger partial charge in [0, 0.05) is 18.1 Å². The van der Waals surface area contributed by atoms with E-state index in [1.807, 2.05) is 48.1 Å². The van der Waals surface area contributed by atoms with Gasteiger partial charge in [-0.05, 0) is 53.2 Å². The number of nitrogens with zero attached hydrogens (tertiary/aromatic N) is 3. The van der Waals surface area contributed by atoms with E-state index in [1.54, 1.807) is 11.3 Å². The van der Waals surface area contributed by atoms with Crippen LogP contribution in [0.4, 0.5) is 0 Å². The Hall–Kier alpha value is -1.46. The van der Waals surface area contributed by atoms with Crippen LogP contribution in [0.15, 0.2) is 46.5 Å². The van der Waals surface area contributed by atoms with Crippen LogP contribution in [0.2, 0.25) is 0 Å². The molecule has 0 saturated heterocycles. The molecule has 18 heavy (non-hydrogen) atoms. The molecule has 0 fully saturated rings. The van der Waals surface area contributed by atoms with Crippen LogP contribution >= 0.6 is 27.3 Å². The Morgan fingerprint density at radius 1 is 1.17 bits per heavy atom. The average molecular weight is 320 g/mol. The lowest BCUT2D eigenvalue weighted by atomic mass is 10.3. The summed E-state index contributed by atoms with van der Waals surface area (Å²) in [6, 6.07) is 10.0. The van der Waals surface area contributed by atoms with Crippen LogP contribution in [0.25, 0.3) is 16.5 Å². The Balaban J connectivity index is 2.11. The van der Waals surface area contributed by atoms with Crippen molar-refractivity contribution in [1.82, 2.24) is 14.5 Å². The molecule has 0 spiro atoms. The third kappa shape index (κ3) is 2.23. The molecule has 0 bridgehead atoms. The zero-order valence-electron chi connectivity index (χ0n) is 9.67. The highest BCUT2D eigenvalue weighted by Gasteiger charge is 2.07. The Bertz CT molecular complexity index is 673. The number of hydrogen-bond acceptors (Lipinski definition) is 3. The molecule has 0 radical (unpaired) electrons. The third-order valence-electron chi connectivity index (χ3n) is 2.50. The zero-order valence-corrected chi connectivity index (χ0v) is 12.1. The van der Waals surface area contributed by atoms with Crippen molar-refractivity contribution in [3.05, 3.63) is 52.2 Å². The lowest BCUT2D eigenvalue weighted by Gasteiger charge is -2.05. The number of hydrogen-bond donors (Lipinski definition) is 0. The van der Waals surface area contributed by atoms with Crippen molar-refractivity contribution in [2.45, 2.75) is 6.92 Å². The zero-order chi connectivity index (χ0) is 12.5. The van der Waals surface area contributed by atoms with Crippen molar-refractivity contribution in [2.24, 2.45) is 0 Å². The first-order valence-electron chi connectivity index (χ1n) is 5.47. The molecule has 5 heteroatoms. The van der Waals surface area contributed by atoms with Crippen molar-refractivity contribution < 1.29 is 0 Å². The molecular weight excluding hydrogens is 310 g/mol. The van der Waals surface area contributed by atoms with Gasteiger partial charge in [-0.3, -0.25) is 4.57 Å². The van der Waals surface area contributed by atoms with E-state index in [0.29, 0.717) is 5.95 Å². The Morgan fingerprint density at radius 3 is 2.61 bits per heavy atom. The quantitative estimate of drug-likeness (QED) is 0.713. The summed E-state index contributed by atoms with van der Waals surface area (Å²) in [5.74, 6) is 0.708. The summed E-state index contributed by atoms with van der Waals surface area (Å²) in [4.78, 5) is 10.2. The molecule has 0 aliphatic heterocycles. The van der Waals surface area contributed by atoms with Crippen LogP contribution in [0.1, 0.15) is 5.69 Å². The van der Waals surface area contributed by atoms with Crippen molar-refractivity contribution in [1.29, 1.82) is 0 Å². The van der Waals surface area contributed by atoms with E-state index in [0.717, 1.165) is 20.1 Å². The average Bonchev–Trinajstić information content (AvgIpc) is 2.98. The molecule has 3 rings (SSSR count). The summed E-state index contributed by atoms with van der Waals surface area (Å²) in [5.41, 5.74) is 1.93. The topological polar surface area (TPSA) is 30.7 Å². The second-order valence-corrected chi connectivity index (χ2v) is 6.35. The molecule has 3 aromatic heterocycles. The number of thiophene rings is 1. The van der Waals surface area contributed by atoms with E-state index in [2.05, 4.69) is 32.0 Å². The fourth-order valence-electron chi connectivity index (χ4n) is 1.71. The van der Waals surface area contributed by atoms with Crippen LogP contribution in [-0.2, 0) is 0 Å². The van der Waals surface area contributed by atoms with E-state index in [-0.39, 0.29) is 0 Å². The van der Waals surface area contributed by atoms with Crippen molar-refractivity contribution in [3.63, 3.8) is 0 Å². The molecule has 0 aromatic carbocycles. The summed E-state index contributed by atoms with van der Waals surface area (Å²) < 4.78 is 3.02. The van der Waals surface area contributed by atoms with Crippen LogP contribution in [-0.4, -0.2) is 14.5 Å². The minimum absolute atomic E-state index is 0.708. The predicted molar refractivity (Wildman–Crippen MR) is 77.1 cm³/mol. The predicted octanol–water partition coefficient (Wildman–Crippen LogP) is 4.07. The second-order valence-electron chi connectivity index (χ2n) is 3.89. The molecule has 3 nitrogen and oxygen atoms in total. The molecule has 0 unspecified atom stereocenters. The van der Waals surface area contributed by atoms with E-state index in [4.69, 9.17) is 0 Å². The molecule has 0 saturated carbocycles. The van der Waals surface area contributed by atoms with E-state index < -0.39 is 0 Å². The van der Waals surface area contributed by atoms with Gasteiger partial charge < -0.3 is 0 Å². The normalized spacial score (nSPS) is 10.8. The van der Waals surface area contributed by atoms with E-state index in [9.17, 15) is 0 Å². The molecule has 3 aromatic rings. The standard InChI is InChI=1S/C13H10BrN3S/c1-9-8-10(11-4-5-12(14)18-11)16-13(15-9)17-6-2-3-7-17/h2-8H,1H3. The van der Waals surface area contributed by atoms with Gasteiger partial charge in [-0.15, -0.1) is 11.3 Å². The second kappa shape index (κ2) is 4.66. The molecule has 0 amide bonds. The highest BCUT2D eigenvalue weighted by Crippen LogP contribution is 2.30. The van der Waals surface area contributed by atoms with Gasteiger partial charge in [-0.2, -0.15) is 0 Å².